The van der Waals surface area contributed by atoms with Gasteiger partial charge in [0.15, 0.2) is 0 Å². The van der Waals surface area contributed by atoms with E-state index in [1.807, 2.05) is 31.2 Å². The maximum atomic E-state index is 12.4. The molecule has 0 saturated carbocycles. The number of hydrogen-bond donors (Lipinski definition) is 1. The smallest absolute Gasteiger partial charge is 0.326 e. The number of rotatable bonds is 5. The van der Waals surface area contributed by atoms with E-state index in [1.165, 1.54) is 4.90 Å². The molecule has 1 aromatic rings. The molecule has 5 nitrogen and oxygen atoms in total. The van der Waals surface area contributed by atoms with Gasteiger partial charge in [0.1, 0.15) is 6.04 Å². The molecule has 0 aliphatic carbocycles. The van der Waals surface area contributed by atoms with Gasteiger partial charge in [-0.05, 0) is 17.0 Å². The predicted octanol–water partition coefficient (Wildman–Crippen LogP) is 1.70. The largest absolute Gasteiger partial charge is 0.480 e. The Kier molecular flexibility index (Phi) is 4.96. The van der Waals surface area contributed by atoms with Crippen LogP contribution in [0.5, 0.6) is 0 Å². The maximum Gasteiger partial charge on any atom is 0.326 e. The fraction of sp³-hybridized carbons (Fsp3) is 0.500. The van der Waals surface area contributed by atoms with Gasteiger partial charge >= 0.3 is 5.97 Å². The van der Waals surface area contributed by atoms with Gasteiger partial charge in [-0.1, -0.05) is 31.2 Å². The first-order valence-corrected chi connectivity index (χ1v) is 7.11. The van der Waals surface area contributed by atoms with Crippen molar-refractivity contribution in [2.24, 2.45) is 5.92 Å². The van der Waals surface area contributed by atoms with Crippen molar-refractivity contribution >= 4 is 11.9 Å². The molecule has 1 unspecified atom stereocenters. The molecule has 0 spiro atoms. The van der Waals surface area contributed by atoms with Crippen LogP contribution < -0.4 is 0 Å². The monoisotopic (exact) mass is 291 g/mol. The first-order valence-electron chi connectivity index (χ1n) is 7.11. The van der Waals surface area contributed by atoms with E-state index in [0.717, 1.165) is 11.1 Å². The van der Waals surface area contributed by atoms with Gasteiger partial charge in [0.2, 0.25) is 5.91 Å². The maximum absolute atomic E-state index is 12.4. The van der Waals surface area contributed by atoms with E-state index in [0.29, 0.717) is 26.0 Å². The fourth-order valence-electron chi connectivity index (χ4n) is 2.76. The summed E-state index contributed by atoms with van der Waals surface area (Å²) in [5.74, 6) is -0.993. The molecule has 2 atom stereocenters. The van der Waals surface area contributed by atoms with Gasteiger partial charge in [-0.15, -0.1) is 0 Å². The minimum absolute atomic E-state index is 0.0779. The molecule has 1 aliphatic heterocycles. The van der Waals surface area contributed by atoms with Gasteiger partial charge in [0.25, 0.3) is 0 Å². The summed E-state index contributed by atoms with van der Waals surface area (Å²) in [5, 5.41) is 9.40. The van der Waals surface area contributed by atoms with E-state index >= 15 is 0 Å². The summed E-state index contributed by atoms with van der Waals surface area (Å²) < 4.78 is 5.04. The first kappa shape index (κ1) is 15.5. The summed E-state index contributed by atoms with van der Waals surface area (Å²) in [6.45, 7) is 2.79. The molecule has 0 bridgehead atoms. The Labute approximate surface area is 124 Å². The van der Waals surface area contributed by atoms with Crippen LogP contribution in [0.3, 0.4) is 0 Å². The van der Waals surface area contributed by atoms with Crippen LogP contribution in [0, 0.1) is 5.92 Å². The quantitative estimate of drug-likeness (QED) is 0.896. The minimum Gasteiger partial charge on any atom is -0.480 e. The van der Waals surface area contributed by atoms with E-state index in [-0.39, 0.29) is 11.8 Å². The van der Waals surface area contributed by atoms with Crippen molar-refractivity contribution in [1.82, 2.24) is 4.90 Å². The summed E-state index contributed by atoms with van der Waals surface area (Å²) in [4.78, 5) is 25.4. The van der Waals surface area contributed by atoms with Crippen molar-refractivity contribution in [3.05, 3.63) is 35.4 Å². The molecular formula is C16H21NO4. The van der Waals surface area contributed by atoms with Crippen LogP contribution in [0.15, 0.2) is 24.3 Å². The van der Waals surface area contributed by atoms with Gasteiger partial charge in [0.05, 0.1) is 0 Å². The number of nitrogens with zero attached hydrogens (tertiary/aromatic N) is 1. The third kappa shape index (κ3) is 3.61. The molecule has 1 heterocycles. The Morgan fingerprint density at radius 2 is 2.05 bits per heavy atom. The van der Waals surface area contributed by atoms with Gasteiger partial charge in [0, 0.05) is 33.1 Å². The Bertz CT molecular complexity index is 529. The number of fused-ring (bicyclic) bond motifs is 1. The zero-order valence-corrected chi connectivity index (χ0v) is 12.4. The van der Waals surface area contributed by atoms with Gasteiger partial charge in [-0.2, -0.15) is 0 Å². The van der Waals surface area contributed by atoms with Gasteiger partial charge in [-0.3, -0.25) is 4.79 Å². The lowest BCUT2D eigenvalue weighted by Gasteiger charge is -2.35. The lowest BCUT2D eigenvalue weighted by atomic mass is 9.93. The number of benzene rings is 1. The van der Waals surface area contributed by atoms with Crippen LogP contribution in [0.25, 0.3) is 0 Å². The van der Waals surface area contributed by atoms with Crippen LogP contribution >= 0.6 is 0 Å². The van der Waals surface area contributed by atoms with E-state index in [1.54, 1.807) is 7.11 Å². The first-order chi connectivity index (χ1) is 10.0. The normalized spacial score (nSPS) is 19.0. The highest BCUT2D eigenvalue weighted by atomic mass is 16.5. The lowest BCUT2D eigenvalue weighted by Crippen LogP contribution is -2.49. The van der Waals surface area contributed by atoms with Crippen molar-refractivity contribution in [1.29, 1.82) is 0 Å². The van der Waals surface area contributed by atoms with E-state index in [9.17, 15) is 14.7 Å². The number of carboxylic acid groups (broad SMARTS) is 1. The van der Waals surface area contributed by atoms with Crippen molar-refractivity contribution in [3.8, 4) is 0 Å². The number of carboxylic acids is 1. The summed E-state index contributed by atoms with van der Waals surface area (Å²) in [6.07, 6.45) is 0.676. The van der Waals surface area contributed by atoms with Gasteiger partial charge in [-0.25, -0.2) is 4.79 Å². The third-order valence-electron chi connectivity index (χ3n) is 3.83. The number of carbonyl (C=O) groups excluding carboxylic acids is 1. The molecule has 1 aliphatic rings. The molecule has 114 valence electrons. The van der Waals surface area contributed by atoms with Crippen LogP contribution in [-0.2, 0) is 27.3 Å². The molecule has 1 aromatic carbocycles. The van der Waals surface area contributed by atoms with Crippen LogP contribution in [0.2, 0.25) is 0 Å². The second-order valence-corrected chi connectivity index (χ2v) is 5.61. The number of carbonyl (C=O) groups is 2. The Balaban J connectivity index is 2.16. The average molecular weight is 291 g/mol. The molecule has 5 heteroatoms. The third-order valence-corrected chi connectivity index (χ3v) is 3.83. The fourth-order valence-corrected chi connectivity index (χ4v) is 2.76. The predicted molar refractivity (Wildman–Crippen MR) is 77.8 cm³/mol. The number of ether oxygens (including phenoxy) is 1. The molecule has 21 heavy (non-hydrogen) atoms. The summed E-state index contributed by atoms with van der Waals surface area (Å²) in [6, 6.07) is 6.92. The zero-order valence-electron chi connectivity index (χ0n) is 12.4. The number of methoxy groups -OCH3 is 1. The highest BCUT2D eigenvalue weighted by Gasteiger charge is 2.34. The topological polar surface area (TPSA) is 66.8 Å². The molecular weight excluding hydrogens is 270 g/mol. The molecule has 0 fully saturated rings. The number of aliphatic carboxylic acids is 1. The van der Waals surface area contributed by atoms with Crippen molar-refractivity contribution in [3.63, 3.8) is 0 Å². The molecule has 1 N–H and O–H groups in total. The highest BCUT2D eigenvalue weighted by Crippen LogP contribution is 2.24. The second kappa shape index (κ2) is 6.72. The highest BCUT2D eigenvalue weighted by molar-refractivity contribution is 5.84. The minimum atomic E-state index is -0.947. The zero-order chi connectivity index (χ0) is 15.4. The standard InChI is InChI=1S/C16H21NO4/c1-11(10-21-2)7-15(18)17-9-13-6-4-3-5-12(13)8-14(17)16(19)20/h3-6,11,14H,7-10H2,1-2H3,(H,19,20)/t11?,14-/m0/s1. The van der Waals surface area contributed by atoms with Crippen molar-refractivity contribution < 1.29 is 19.4 Å². The molecule has 1 amide bonds. The lowest BCUT2D eigenvalue weighted by molar-refractivity contribution is -0.152. The summed E-state index contributed by atoms with van der Waals surface area (Å²) in [5.41, 5.74) is 2.04. The van der Waals surface area contributed by atoms with Crippen LogP contribution in [0.4, 0.5) is 0 Å². The van der Waals surface area contributed by atoms with Crippen LogP contribution in [-0.4, -0.2) is 41.6 Å². The van der Waals surface area contributed by atoms with E-state index in [2.05, 4.69) is 0 Å². The van der Waals surface area contributed by atoms with Crippen molar-refractivity contribution in [2.45, 2.75) is 32.4 Å². The SMILES string of the molecule is COCC(C)CC(=O)N1Cc2ccccc2C[C@H]1C(=O)O. The van der Waals surface area contributed by atoms with Gasteiger partial charge < -0.3 is 14.7 Å². The average Bonchev–Trinajstić information content (AvgIpc) is 2.45. The number of amides is 1. The van der Waals surface area contributed by atoms with Crippen LogP contribution in [0.1, 0.15) is 24.5 Å². The molecule has 0 saturated heterocycles. The Morgan fingerprint density at radius 1 is 1.38 bits per heavy atom. The number of hydrogen-bond acceptors (Lipinski definition) is 3. The van der Waals surface area contributed by atoms with E-state index < -0.39 is 12.0 Å². The second-order valence-electron chi connectivity index (χ2n) is 5.61. The Morgan fingerprint density at radius 3 is 2.67 bits per heavy atom. The summed E-state index contributed by atoms with van der Waals surface area (Å²) in [7, 11) is 1.60. The molecule has 2 rings (SSSR count). The van der Waals surface area contributed by atoms with Crippen molar-refractivity contribution in [2.75, 3.05) is 13.7 Å². The molecule has 0 aromatic heterocycles. The summed E-state index contributed by atoms with van der Waals surface area (Å²) >= 11 is 0. The Hall–Kier alpha value is -1.88. The van der Waals surface area contributed by atoms with E-state index in [4.69, 9.17) is 4.74 Å². The molecule has 0 radical (unpaired) electrons.